The Kier molecular flexibility index (Phi) is 4.47. The lowest BCUT2D eigenvalue weighted by Gasteiger charge is -2.43. The zero-order valence-electron chi connectivity index (χ0n) is 15.4. The van der Waals surface area contributed by atoms with Gasteiger partial charge in [-0.25, -0.2) is 4.58 Å². The summed E-state index contributed by atoms with van der Waals surface area (Å²) in [6.45, 7) is 4.31. The van der Waals surface area contributed by atoms with E-state index in [1.54, 1.807) is 31.3 Å². The highest BCUT2D eigenvalue weighted by Crippen LogP contribution is 2.53. The summed E-state index contributed by atoms with van der Waals surface area (Å²) in [5.41, 5.74) is -6.77. The largest absolute Gasteiger partial charge is 0.465 e. The second-order valence-corrected chi connectivity index (χ2v) is 7.88. The standard InChI is InChI=1S/C18H18F6N2O2/c1-10-25-16(17(19,20)21,18(22,23)24)14-12(7-15(2,3)8-13(14)27)26(10)9-11-5-4-6-28-11/h4-6H,7-9H2,1-3H3/p+1. The molecule has 0 saturated heterocycles. The number of hydrogen-bond acceptors (Lipinski definition) is 3. The van der Waals surface area contributed by atoms with Crippen LogP contribution in [-0.4, -0.2) is 34.1 Å². The Hall–Kier alpha value is -2.26. The number of hydrogen-bond donors (Lipinski definition) is 1. The molecule has 0 radical (unpaired) electrons. The fourth-order valence-electron chi connectivity index (χ4n) is 3.91. The van der Waals surface area contributed by atoms with Crippen LogP contribution in [-0.2, 0) is 11.3 Å². The number of alkyl halides is 6. The van der Waals surface area contributed by atoms with Gasteiger partial charge in [0.15, 0.2) is 5.78 Å². The first-order valence-electron chi connectivity index (χ1n) is 8.51. The fourth-order valence-corrected chi connectivity index (χ4v) is 3.91. The molecule has 0 fully saturated rings. The number of carbonyl (C=O) groups is 1. The number of amidine groups is 1. The predicted molar refractivity (Wildman–Crippen MR) is 86.4 cm³/mol. The van der Waals surface area contributed by atoms with Crippen LogP contribution in [0.5, 0.6) is 0 Å². The van der Waals surface area contributed by atoms with Crippen LogP contribution in [0.3, 0.4) is 0 Å². The molecule has 3 rings (SSSR count). The van der Waals surface area contributed by atoms with Crippen molar-refractivity contribution in [1.82, 2.24) is 5.32 Å². The average molecular weight is 409 g/mol. The molecule has 28 heavy (non-hydrogen) atoms. The van der Waals surface area contributed by atoms with Crippen LogP contribution < -0.4 is 5.32 Å². The first-order chi connectivity index (χ1) is 12.7. The van der Waals surface area contributed by atoms with E-state index >= 15 is 0 Å². The Bertz CT molecular complexity index is 846. The summed E-state index contributed by atoms with van der Waals surface area (Å²) in [7, 11) is 0. The van der Waals surface area contributed by atoms with E-state index in [1.165, 1.54) is 10.8 Å². The summed E-state index contributed by atoms with van der Waals surface area (Å²) < 4.78 is 89.8. The van der Waals surface area contributed by atoms with Gasteiger partial charge in [0.2, 0.25) is 5.84 Å². The molecule has 0 unspecified atom stereocenters. The Balaban J connectivity index is 2.30. The normalized spacial score (nSPS) is 22.2. The summed E-state index contributed by atoms with van der Waals surface area (Å²) in [6, 6.07) is 3.11. The number of halogens is 6. The summed E-state index contributed by atoms with van der Waals surface area (Å²) >= 11 is 0. The van der Waals surface area contributed by atoms with Crippen molar-refractivity contribution in [2.45, 2.75) is 58.0 Å². The predicted octanol–water partition coefficient (Wildman–Crippen LogP) is 4.32. The zero-order valence-corrected chi connectivity index (χ0v) is 15.4. The molecule has 10 heteroatoms. The third-order valence-electron chi connectivity index (χ3n) is 5.07. The van der Waals surface area contributed by atoms with E-state index in [9.17, 15) is 31.1 Å². The zero-order chi connectivity index (χ0) is 21.1. The molecular formula is C18H19F6N2O2+. The van der Waals surface area contributed by atoms with Crippen LogP contribution in [0.15, 0.2) is 34.1 Å². The maximum atomic E-state index is 13.9. The van der Waals surface area contributed by atoms with Crippen molar-refractivity contribution < 1.29 is 40.1 Å². The van der Waals surface area contributed by atoms with E-state index in [4.69, 9.17) is 4.42 Å². The van der Waals surface area contributed by atoms with Crippen molar-refractivity contribution in [2.75, 3.05) is 0 Å². The number of furan rings is 1. The topological polar surface area (TPSA) is 45.2 Å². The first kappa shape index (κ1) is 20.5. The Labute approximate surface area is 156 Å². The van der Waals surface area contributed by atoms with Crippen molar-refractivity contribution in [3.8, 4) is 0 Å². The molecule has 0 bridgehead atoms. The summed E-state index contributed by atoms with van der Waals surface area (Å²) in [6.07, 6.45) is -10.7. The molecule has 0 atom stereocenters. The van der Waals surface area contributed by atoms with Crippen LogP contribution in [0.25, 0.3) is 0 Å². The molecule has 2 heterocycles. The molecule has 1 aromatic heterocycles. The molecule has 0 amide bonds. The summed E-state index contributed by atoms with van der Waals surface area (Å²) in [5, 5.41) is 1.60. The number of nitrogens with one attached hydrogen (secondary N) is 1. The maximum Gasteiger partial charge on any atom is 0.446 e. The van der Waals surface area contributed by atoms with Crippen LogP contribution in [0, 0.1) is 5.41 Å². The van der Waals surface area contributed by atoms with Gasteiger partial charge in [0, 0.05) is 19.8 Å². The van der Waals surface area contributed by atoms with Crippen molar-refractivity contribution in [1.29, 1.82) is 0 Å². The molecular weight excluding hydrogens is 390 g/mol. The van der Waals surface area contributed by atoms with Crippen molar-refractivity contribution >= 4 is 11.6 Å². The van der Waals surface area contributed by atoms with Crippen LogP contribution >= 0.6 is 0 Å². The molecule has 0 saturated carbocycles. The van der Waals surface area contributed by atoms with Gasteiger partial charge in [0.05, 0.1) is 6.26 Å². The maximum absolute atomic E-state index is 13.9. The highest BCUT2D eigenvalue weighted by Gasteiger charge is 2.80. The molecule has 0 spiro atoms. The van der Waals surface area contributed by atoms with E-state index in [1.807, 2.05) is 0 Å². The summed E-state index contributed by atoms with van der Waals surface area (Å²) in [4.78, 5) is 12.7. The number of nitrogens with zero attached hydrogens (tertiary/aromatic N) is 1. The van der Waals surface area contributed by atoms with Crippen molar-refractivity contribution in [3.63, 3.8) is 0 Å². The smallest absolute Gasteiger partial charge is 0.446 e. The lowest BCUT2D eigenvalue weighted by atomic mass is 9.69. The second kappa shape index (κ2) is 6.12. The molecule has 154 valence electrons. The minimum Gasteiger partial charge on any atom is -0.465 e. The lowest BCUT2D eigenvalue weighted by Crippen LogP contribution is -2.72. The minimum absolute atomic E-state index is 0.0974. The third kappa shape index (κ3) is 3.02. The number of allylic oxidation sites excluding steroid dienone is 1. The van der Waals surface area contributed by atoms with Crippen LogP contribution in [0.1, 0.15) is 39.4 Å². The molecule has 1 aromatic rings. The van der Waals surface area contributed by atoms with E-state index in [0.717, 1.165) is 6.92 Å². The average Bonchev–Trinajstić information content (AvgIpc) is 2.99. The van der Waals surface area contributed by atoms with Gasteiger partial charge < -0.3 is 4.42 Å². The van der Waals surface area contributed by atoms with Gasteiger partial charge >= 0.3 is 17.9 Å². The van der Waals surface area contributed by atoms with Gasteiger partial charge in [-0.05, 0) is 17.5 Å². The fraction of sp³-hybridized carbons (Fsp3) is 0.556. The third-order valence-corrected chi connectivity index (χ3v) is 5.07. The molecule has 4 nitrogen and oxygen atoms in total. The number of rotatable bonds is 2. The van der Waals surface area contributed by atoms with Gasteiger partial charge in [-0.1, -0.05) is 13.8 Å². The highest BCUT2D eigenvalue weighted by molar-refractivity contribution is 6.01. The van der Waals surface area contributed by atoms with E-state index < -0.39 is 41.1 Å². The van der Waals surface area contributed by atoms with Gasteiger partial charge in [0.25, 0.3) is 0 Å². The first-order valence-corrected chi connectivity index (χ1v) is 8.51. The van der Waals surface area contributed by atoms with Gasteiger partial charge in [-0.15, -0.1) is 0 Å². The Morgan fingerprint density at radius 3 is 2.25 bits per heavy atom. The molecule has 1 aliphatic heterocycles. The number of ketones is 1. The minimum atomic E-state index is -5.76. The Morgan fingerprint density at radius 1 is 1.14 bits per heavy atom. The quantitative estimate of drug-likeness (QED) is 0.585. The van der Waals surface area contributed by atoms with Gasteiger partial charge in [-0.2, -0.15) is 26.3 Å². The lowest BCUT2D eigenvalue weighted by molar-refractivity contribution is -0.510. The SMILES string of the molecule is CC1=[N+](Cc2ccco2)C2=C(C(=O)CC(C)(C)C2)C(C(F)(F)F)(C(F)(F)F)N1. The van der Waals surface area contributed by atoms with E-state index in [2.05, 4.69) is 0 Å². The van der Waals surface area contributed by atoms with Crippen LogP contribution in [0.4, 0.5) is 26.3 Å². The molecule has 1 aliphatic carbocycles. The Morgan fingerprint density at radius 2 is 1.75 bits per heavy atom. The molecule has 2 aliphatic rings. The van der Waals surface area contributed by atoms with Crippen LogP contribution in [0.2, 0.25) is 0 Å². The molecule has 0 aromatic carbocycles. The highest BCUT2D eigenvalue weighted by atomic mass is 19.4. The van der Waals surface area contributed by atoms with Gasteiger partial charge in [-0.3, -0.25) is 10.1 Å². The summed E-state index contributed by atoms with van der Waals surface area (Å²) in [5.74, 6) is -1.17. The number of carbonyl (C=O) groups excluding carboxylic acids is 1. The van der Waals surface area contributed by atoms with E-state index in [-0.39, 0.29) is 24.5 Å². The van der Waals surface area contributed by atoms with Crippen molar-refractivity contribution in [3.05, 3.63) is 35.4 Å². The monoisotopic (exact) mass is 409 g/mol. The second-order valence-electron chi connectivity index (χ2n) is 7.88. The van der Waals surface area contributed by atoms with E-state index in [0.29, 0.717) is 5.76 Å². The van der Waals surface area contributed by atoms with Gasteiger partial charge in [0.1, 0.15) is 23.6 Å². The number of Topliss-reactive ketones (excluding diaryl/α,β-unsaturated/α-hetero) is 1. The van der Waals surface area contributed by atoms with Crippen molar-refractivity contribution in [2.24, 2.45) is 5.41 Å². The molecule has 1 N–H and O–H groups in total.